The Labute approximate surface area is 189 Å². The highest BCUT2D eigenvalue weighted by atomic mass is 16.3. The number of piperidine rings is 1. The predicted molar refractivity (Wildman–Crippen MR) is 122 cm³/mol. The largest absolute Gasteiger partial charge is 0.447 e. The first-order valence-electron chi connectivity index (χ1n) is 11.4. The highest BCUT2D eigenvalue weighted by Crippen LogP contribution is 2.36. The molecule has 170 valence electrons. The van der Waals surface area contributed by atoms with Crippen LogP contribution in [0.1, 0.15) is 41.7 Å². The fourth-order valence-electron chi connectivity index (χ4n) is 4.85. The summed E-state index contributed by atoms with van der Waals surface area (Å²) in [5, 5.41) is 0. The lowest BCUT2D eigenvalue weighted by Crippen LogP contribution is -2.48. The molecule has 0 atom stereocenters. The van der Waals surface area contributed by atoms with Gasteiger partial charge in [0.25, 0.3) is 5.91 Å². The summed E-state index contributed by atoms with van der Waals surface area (Å²) in [6.45, 7) is 11.5. The molecule has 2 saturated heterocycles. The van der Waals surface area contributed by atoms with Gasteiger partial charge in [-0.05, 0) is 38.4 Å². The Morgan fingerprint density at radius 3 is 2.38 bits per heavy atom. The van der Waals surface area contributed by atoms with Crippen LogP contribution in [0.4, 0.5) is 0 Å². The second-order valence-electron chi connectivity index (χ2n) is 8.79. The molecule has 1 aromatic heterocycles. The standard InChI is InChI=1S/C25H32N4O3/c1-3-11-27-14-16-29(17-15-27)24(31)22-19-32-23(26-22)18-28-12-9-25(10-13-28,20(2)30)21-7-5-4-6-8-21/h3-8,19H,1,9-18H2,2H3. The van der Waals surface area contributed by atoms with E-state index in [1.807, 2.05) is 29.2 Å². The number of rotatable bonds is 7. The minimum Gasteiger partial charge on any atom is -0.447 e. The summed E-state index contributed by atoms with van der Waals surface area (Å²) in [6, 6.07) is 10.1. The van der Waals surface area contributed by atoms with Crippen LogP contribution in [0.25, 0.3) is 0 Å². The molecule has 0 spiro atoms. The molecule has 7 nitrogen and oxygen atoms in total. The number of nitrogens with zero attached hydrogens (tertiary/aromatic N) is 4. The molecular formula is C25H32N4O3. The number of Topliss-reactive ketones (excluding diaryl/α,β-unsaturated/α-hetero) is 1. The number of hydrogen-bond donors (Lipinski definition) is 0. The molecule has 0 unspecified atom stereocenters. The van der Waals surface area contributed by atoms with Gasteiger partial charge in [-0.3, -0.25) is 19.4 Å². The molecule has 1 amide bonds. The van der Waals surface area contributed by atoms with E-state index in [-0.39, 0.29) is 11.7 Å². The molecule has 4 rings (SSSR count). The number of carbonyl (C=O) groups excluding carboxylic acids is 2. The summed E-state index contributed by atoms with van der Waals surface area (Å²) in [4.78, 5) is 36.2. The Hall–Kier alpha value is -2.77. The van der Waals surface area contributed by atoms with E-state index in [9.17, 15) is 9.59 Å². The van der Waals surface area contributed by atoms with E-state index >= 15 is 0 Å². The SMILES string of the molecule is C=CCN1CCN(C(=O)c2coc(CN3CCC(C(C)=O)(c4ccccc4)CC3)n2)CC1. The summed E-state index contributed by atoms with van der Waals surface area (Å²) in [6.07, 6.45) is 4.91. The van der Waals surface area contributed by atoms with E-state index in [2.05, 4.69) is 33.5 Å². The van der Waals surface area contributed by atoms with E-state index in [4.69, 9.17) is 4.42 Å². The third-order valence-electron chi connectivity index (χ3n) is 6.89. The molecule has 2 fully saturated rings. The van der Waals surface area contributed by atoms with Gasteiger partial charge in [-0.2, -0.15) is 0 Å². The maximum Gasteiger partial charge on any atom is 0.275 e. The number of likely N-dealkylation sites (tertiary alicyclic amines) is 1. The van der Waals surface area contributed by atoms with Gasteiger partial charge in [-0.15, -0.1) is 6.58 Å². The minimum absolute atomic E-state index is 0.0726. The van der Waals surface area contributed by atoms with E-state index in [0.717, 1.165) is 51.1 Å². The zero-order valence-electron chi connectivity index (χ0n) is 18.8. The van der Waals surface area contributed by atoms with E-state index < -0.39 is 5.41 Å². The van der Waals surface area contributed by atoms with Gasteiger partial charge < -0.3 is 9.32 Å². The van der Waals surface area contributed by atoms with Crippen LogP contribution in [0, 0.1) is 0 Å². The third kappa shape index (κ3) is 4.69. The number of benzene rings is 1. The van der Waals surface area contributed by atoms with Gasteiger partial charge in [0.15, 0.2) is 5.69 Å². The number of oxazole rings is 1. The first kappa shape index (κ1) is 22.4. The average molecular weight is 437 g/mol. The summed E-state index contributed by atoms with van der Waals surface area (Å²) in [5.41, 5.74) is 1.06. The highest BCUT2D eigenvalue weighted by molar-refractivity contribution is 5.92. The van der Waals surface area contributed by atoms with Crippen molar-refractivity contribution >= 4 is 11.7 Å². The number of amides is 1. The Kier molecular flexibility index (Phi) is 6.86. The van der Waals surface area contributed by atoms with Crippen molar-refractivity contribution in [2.24, 2.45) is 0 Å². The Bertz CT molecular complexity index is 939. The van der Waals surface area contributed by atoms with Crippen LogP contribution in [-0.4, -0.2) is 77.2 Å². The zero-order valence-corrected chi connectivity index (χ0v) is 18.8. The van der Waals surface area contributed by atoms with Crippen LogP contribution in [0.5, 0.6) is 0 Å². The van der Waals surface area contributed by atoms with Crippen LogP contribution < -0.4 is 0 Å². The number of aromatic nitrogens is 1. The second-order valence-corrected chi connectivity index (χ2v) is 8.79. The molecule has 2 aromatic rings. The maximum atomic E-state index is 12.8. The van der Waals surface area contributed by atoms with Gasteiger partial charge >= 0.3 is 0 Å². The topological polar surface area (TPSA) is 69.9 Å². The van der Waals surface area contributed by atoms with Crippen molar-refractivity contribution in [2.45, 2.75) is 31.7 Å². The number of ketones is 1. The summed E-state index contributed by atoms with van der Waals surface area (Å²) >= 11 is 0. The smallest absolute Gasteiger partial charge is 0.275 e. The fraction of sp³-hybridized carbons (Fsp3) is 0.480. The maximum absolute atomic E-state index is 12.8. The van der Waals surface area contributed by atoms with Crippen LogP contribution in [0.15, 0.2) is 53.7 Å². The lowest BCUT2D eigenvalue weighted by atomic mass is 9.70. The molecule has 32 heavy (non-hydrogen) atoms. The monoisotopic (exact) mass is 436 g/mol. The molecule has 1 aromatic carbocycles. The first-order valence-corrected chi connectivity index (χ1v) is 11.4. The van der Waals surface area contributed by atoms with E-state index in [1.165, 1.54) is 6.26 Å². The van der Waals surface area contributed by atoms with E-state index in [0.29, 0.717) is 31.2 Å². The number of hydrogen-bond acceptors (Lipinski definition) is 6. The molecule has 2 aliphatic heterocycles. The molecule has 0 N–H and O–H groups in total. The van der Waals surface area contributed by atoms with Gasteiger partial charge in [0.1, 0.15) is 12.0 Å². The van der Waals surface area contributed by atoms with Gasteiger partial charge in [0.2, 0.25) is 5.89 Å². The average Bonchev–Trinajstić information content (AvgIpc) is 3.29. The van der Waals surface area contributed by atoms with Gasteiger partial charge in [0, 0.05) is 32.7 Å². The second kappa shape index (κ2) is 9.79. The predicted octanol–water partition coefficient (Wildman–Crippen LogP) is 2.74. The van der Waals surface area contributed by atoms with Crippen molar-refractivity contribution in [3.8, 4) is 0 Å². The fourth-order valence-corrected chi connectivity index (χ4v) is 4.85. The normalized spacial score (nSPS) is 19.6. The van der Waals surface area contributed by atoms with Crippen LogP contribution in [0.3, 0.4) is 0 Å². The highest BCUT2D eigenvalue weighted by Gasteiger charge is 2.40. The molecule has 0 radical (unpaired) electrons. The first-order chi connectivity index (χ1) is 15.5. The third-order valence-corrected chi connectivity index (χ3v) is 6.89. The van der Waals surface area contributed by atoms with Gasteiger partial charge in [-0.1, -0.05) is 36.4 Å². The molecule has 0 saturated carbocycles. The molecule has 0 aliphatic carbocycles. The molecule has 3 heterocycles. The van der Waals surface area contributed by atoms with E-state index in [1.54, 1.807) is 6.92 Å². The number of piperazine rings is 1. The van der Waals surface area contributed by atoms with Crippen molar-refractivity contribution in [1.82, 2.24) is 19.7 Å². The Balaban J connectivity index is 1.33. The van der Waals surface area contributed by atoms with Gasteiger partial charge in [-0.25, -0.2) is 4.98 Å². The van der Waals surface area contributed by atoms with Crippen molar-refractivity contribution in [2.75, 3.05) is 45.8 Å². The van der Waals surface area contributed by atoms with Crippen molar-refractivity contribution in [3.63, 3.8) is 0 Å². The molecule has 7 heteroatoms. The summed E-state index contributed by atoms with van der Waals surface area (Å²) in [5.74, 6) is 0.700. The molecular weight excluding hydrogens is 404 g/mol. The van der Waals surface area contributed by atoms with Crippen LogP contribution >= 0.6 is 0 Å². The lowest BCUT2D eigenvalue weighted by molar-refractivity contribution is -0.124. The quantitative estimate of drug-likeness (QED) is 0.622. The van der Waals surface area contributed by atoms with Crippen LogP contribution in [0.2, 0.25) is 0 Å². The zero-order chi connectivity index (χ0) is 22.6. The van der Waals surface area contributed by atoms with Gasteiger partial charge in [0.05, 0.1) is 12.0 Å². The van der Waals surface area contributed by atoms with Crippen molar-refractivity contribution in [1.29, 1.82) is 0 Å². The minimum atomic E-state index is -0.413. The Morgan fingerprint density at radius 2 is 1.75 bits per heavy atom. The molecule has 0 bridgehead atoms. The Morgan fingerprint density at radius 1 is 1.06 bits per heavy atom. The molecule has 2 aliphatic rings. The van der Waals surface area contributed by atoms with Crippen molar-refractivity contribution < 1.29 is 14.0 Å². The van der Waals surface area contributed by atoms with Crippen molar-refractivity contribution in [3.05, 3.63) is 66.4 Å². The number of carbonyl (C=O) groups is 2. The summed E-state index contributed by atoms with van der Waals surface area (Å²) in [7, 11) is 0. The lowest BCUT2D eigenvalue weighted by Gasteiger charge is -2.40. The van der Waals surface area contributed by atoms with Crippen LogP contribution in [-0.2, 0) is 16.8 Å². The summed E-state index contributed by atoms with van der Waals surface area (Å²) < 4.78 is 5.63.